The van der Waals surface area contributed by atoms with Gasteiger partial charge < -0.3 is 24.7 Å². The van der Waals surface area contributed by atoms with E-state index in [0.717, 1.165) is 11.6 Å². The summed E-state index contributed by atoms with van der Waals surface area (Å²) in [6.07, 6.45) is 0. The predicted octanol–water partition coefficient (Wildman–Crippen LogP) is 3.05. The van der Waals surface area contributed by atoms with E-state index in [1.165, 1.54) is 0 Å². The molecule has 26 heavy (non-hydrogen) atoms. The molecular weight excluding hydrogens is 334 g/mol. The topological polar surface area (TPSA) is 91.9 Å². The Hall–Kier alpha value is -3.25. The molecule has 3 aromatic rings. The fourth-order valence-corrected chi connectivity index (χ4v) is 2.69. The number of nitrogens with one attached hydrogen (secondary N) is 1. The van der Waals surface area contributed by atoms with Crippen LogP contribution in [0.25, 0.3) is 0 Å². The van der Waals surface area contributed by atoms with Crippen molar-refractivity contribution in [2.24, 2.45) is 0 Å². The number of ether oxygens (including phenoxy) is 1. The lowest BCUT2D eigenvalue weighted by atomic mass is 10.0. The molecule has 0 saturated carbocycles. The van der Waals surface area contributed by atoms with E-state index in [0.29, 0.717) is 11.4 Å². The van der Waals surface area contributed by atoms with Gasteiger partial charge >= 0.3 is 0 Å². The quantitative estimate of drug-likeness (QED) is 0.631. The molecule has 134 valence electrons. The zero-order valence-corrected chi connectivity index (χ0v) is 14.2. The molecule has 0 amide bonds. The van der Waals surface area contributed by atoms with E-state index in [4.69, 9.17) is 9.15 Å². The van der Waals surface area contributed by atoms with Gasteiger partial charge in [-0.05, 0) is 17.7 Å². The minimum Gasteiger partial charge on any atom is -0.502 e. The van der Waals surface area contributed by atoms with Crippen LogP contribution in [0, 0.1) is 0 Å². The van der Waals surface area contributed by atoms with E-state index in [-0.39, 0.29) is 11.5 Å². The summed E-state index contributed by atoms with van der Waals surface area (Å²) in [5, 5.41) is 22.9. The molecule has 1 heterocycles. The van der Waals surface area contributed by atoms with Crippen LogP contribution >= 0.6 is 0 Å². The molecule has 1 aromatic heterocycles. The molecule has 0 aliphatic heterocycles. The van der Waals surface area contributed by atoms with Gasteiger partial charge in [0, 0.05) is 6.07 Å². The number of anilines is 1. The highest BCUT2D eigenvalue weighted by Gasteiger charge is 2.24. The van der Waals surface area contributed by atoms with E-state index in [2.05, 4.69) is 5.32 Å². The van der Waals surface area contributed by atoms with E-state index in [1.54, 1.807) is 13.2 Å². The van der Waals surface area contributed by atoms with Crippen molar-refractivity contribution < 1.29 is 19.4 Å². The largest absolute Gasteiger partial charge is 0.502 e. The molecule has 0 radical (unpaired) electrons. The summed E-state index contributed by atoms with van der Waals surface area (Å²) in [5.41, 5.74) is 0.824. The molecule has 0 aliphatic carbocycles. The second kappa shape index (κ2) is 7.76. The minimum atomic E-state index is -0.660. The van der Waals surface area contributed by atoms with Crippen LogP contribution in [0.1, 0.15) is 23.1 Å². The van der Waals surface area contributed by atoms with E-state index < -0.39 is 23.8 Å². The van der Waals surface area contributed by atoms with Gasteiger partial charge in [0.05, 0.1) is 12.8 Å². The zero-order valence-electron chi connectivity index (χ0n) is 14.2. The highest BCUT2D eigenvalue weighted by Crippen LogP contribution is 2.34. The third kappa shape index (κ3) is 3.55. The molecule has 6 heteroatoms. The van der Waals surface area contributed by atoms with Gasteiger partial charge in [0.25, 0.3) is 0 Å². The van der Waals surface area contributed by atoms with Crippen LogP contribution in [-0.4, -0.2) is 17.3 Å². The Bertz CT molecular complexity index is 936. The maximum atomic E-state index is 12.1. The van der Waals surface area contributed by atoms with Crippen LogP contribution in [0.15, 0.2) is 69.9 Å². The van der Waals surface area contributed by atoms with Gasteiger partial charge in [0.2, 0.25) is 11.2 Å². The van der Waals surface area contributed by atoms with Gasteiger partial charge in [-0.15, -0.1) is 0 Å². The van der Waals surface area contributed by atoms with Gasteiger partial charge in [-0.3, -0.25) is 4.79 Å². The van der Waals surface area contributed by atoms with E-state index >= 15 is 0 Å². The van der Waals surface area contributed by atoms with Crippen LogP contribution in [0.5, 0.6) is 11.5 Å². The van der Waals surface area contributed by atoms with Crippen molar-refractivity contribution >= 4 is 5.69 Å². The van der Waals surface area contributed by atoms with Crippen molar-refractivity contribution in [3.8, 4) is 11.5 Å². The molecule has 1 atom stereocenters. The van der Waals surface area contributed by atoms with Crippen molar-refractivity contribution in [3.05, 3.63) is 88.0 Å². The van der Waals surface area contributed by atoms with Gasteiger partial charge in [-0.25, -0.2) is 0 Å². The number of methoxy groups -OCH3 is 1. The lowest BCUT2D eigenvalue weighted by Gasteiger charge is -2.22. The molecule has 3 N–H and O–H groups in total. The Morgan fingerprint density at radius 3 is 2.50 bits per heavy atom. The number of hydrogen-bond donors (Lipinski definition) is 3. The lowest BCUT2D eigenvalue weighted by molar-refractivity contribution is 0.234. The highest BCUT2D eigenvalue weighted by molar-refractivity contribution is 5.59. The molecule has 3 rings (SSSR count). The Balaban J connectivity index is 2.14. The first-order valence-electron chi connectivity index (χ1n) is 8.05. The predicted molar refractivity (Wildman–Crippen MR) is 97.5 cm³/mol. The number of benzene rings is 2. The van der Waals surface area contributed by atoms with Crippen LogP contribution < -0.4 is 15.5 Å². The Kier molecular flexibility index (Phi) is 5.24. The Morgan fingerprint density at radius 2 is 1.81 bits per heavy atom. The molecule has 0 aliphatic rings. The van der Waals surface area contributed by atoms with Crippen LogP contribution in [0.3, 0.4) is 0 Å². The number of aromatic hydroxyl groups is 1. The Morgan fingerprint density at radius 1 is 1.12 bits per heavy atom. The number of aliphatic hydroxyl groups is 1. The van der Waals surface area contributed by atoms with Crippen LogP contribution in [0.4, 0.5) is 5.69 Å². The molecule has 1 unspecified atom stereocenters. The maximum Gasteiger partial charge on any atom is 0.227 e. The average molecular weight is 353 g/mol. The first kappa shape index (κ1) is 17.6. The van der Waals surface area contributed by atoms with Gasteiger partial charge in [-0.1, -0.05) is 42.5 Å². The summed E-state index contributed by atoms with van der Waals surface area (Å²) in [5.74, 6) is 0.205. The molecule has 2 aromatic carbocycles. The third-order valence-electron chi connectivity index (χ3n) is 3.96. The number of hydrogen-bond acceptors (Lipinski definition) is 6. The zero-order chi connectivity index (χ0) is 18.5. The first-order chi connectivity index (χ1) is 12.6. The SMILES string of the molecule is COc1ccccc1NC(c1ccccc1)c1oc(CO)cc(=O)c1O. The first-order valence-corrected chi connectivity index (χ1v) is 8.05. The van der Waals surface area contributed by atoms with Crippen LogP contribution in [0.2, 0.25) is 0 Å². The summed E-state index contributed by atoms with van der Waals surface area (Å²) in [6.45, 7) is -0.446. The van der Waals surface area contributed by atoms with Crippen molar-refractivity contribution in [1.29, 1.82) is 0 Å². The van der Waals surface area contributed by atoms with Crippen molar-refractivity contribution in [3.63, 3.8) is 0 Å². The highest BCUT2D eigenvalue weighted by atomic mass is 16.5. The molecule has 6 nitrogen and oxygen atoms in total. The number of aliphatic hydroxyl groups excluding tert-OH is 1. The average Bonchev–Trinajstić information content (AvgIpc) is 2.69. The monoisotopic (exact) mass is 353 g/mol. The third-order valence-corrected chi connectivity index (χ3v) is 3.96. The molecule has 0 bridgehead atoms. The van der Waals surface area contributed by atoms with Crippen molar-refractivity contribution in [2.75, 3.05) is 12.4 Å². The van der Waals surface area contributed by atoms with Gasteiger partial charge in [0.1, 0.15) is 24.2 Å². The van der Waals surface area contributed by atoms with E-state index in [1.807, 2.05) is 48.5 Å². The van der Waals surface area contributed by atoms with Crippen molar-refractivity contribution in [1.82, 2.24) is 0 Å². The maximum absolute atomic E-state index is 12.1. The molecule has 0 fully saturated rings. The van der Waals surface area contributed by atoms with E-state index in [9.17, 15) is 15.0 Å². The summed E-state index contributed by atoms with van der Waals surface area (Å²) >= 11 is 0. The molecular formula is C20H19NO5. The summed E-state index contributed by atoms with van der Waals surface area (Å²) in [4.78, 5) is 12.1. The molecule has 0 saturated heterocycles. The second-order valence-corrected chi connectivity index (χ2v) is 5.64. The van der Waals surface area contributed by atoms with Crippen LogP contribution in [-0.2, 0) is 6.61 Å². The smallest absolute Gasteiger partial charge is 0.227 e. The fraction of sp³-hybridized carbons (Fsp3) is 0.150. The normalized spacial score (nSPS) is 11.8. The molecule has 0 spiro atoms. The number of para-hydroxylation sites is 2. The summed E-state index contributed by atoms with van der Waals surface area (Å²) in [7, 11) is 1.56. The lowest BCUT2D eigenvalue weighted by Crippen LogP contribution is -2.16. The standard InChI is InChI=1S/C20H19NO5/c1-25-17-10-6-5-9-15(17)21-18(13-7-3-2-4-8-13)20-19(24)16(23)11-14(12-22)26-20/h2-11,18,21-22,24H,12H2,1H3. The Labute approximate surface area is 150 Å². The van der Waals surface area contributed by atoms with Crippen molar-refractivity contribution in [2.45, 2.75) is 12.6 Å². The summed E-state index contributed by atoms with van der Waals surface area (Å²) in [6, 6.07) is 17.0. The summed E-state index contributed by atoms with van der Waals surface area (Å²) < 4.78 is 11.0. The second-order valence-electron chi connectivity index (χ2n) is 5.64. The minimum absolute atomic E-state index is 0.0265. The van der Waals surface area contributed by atoms with Gasteiger partial charge in [0.15, 0.2) is 5.76 Å². The fourth-order valence-electron chi connectivity index (χ4n) is 2.69. The number of rotatable bonds is 6. The van der Waals surface area contributed by atoms with Gasteiger partial charge in [-0.2, -0.15) is 0 Å².